The molecule has 4 nitrogen and oxygen atoms in total. The first-order valence-corrected chi connectivity index (χ1v) is 6.76. The molecule has 0 aliphatic carbocycles. The Kier molecular flexibility index (Phi) is 3.92. The number of nitrogens with one attached hydrogen (secondary N) is 1. The third-order valence-corrected chi connectivity index (χ3v) is 4.74. The van der Waals surface area contributed by atoms with Crippen LogP contribution >= 0.6 is 0 Å². The van der Waals surface area contributed by atoms with Crippen LogP contribution in [0.3, 0.4) is 0 Å². The van der Waals surface area contributed by atoms with Gasteiger partial charge in [-0.3, -0.25) is 4.79 Å². The summed E-state index contributed by atoms with van der Waals surface area (Å²) >= 11 is 0. The van der Waals surface area contributed by atoms with Crippen molar-refractivity contribution in [3.63, 3.8) is 0 Å². The molecule has 1 aliphatic rings. The monoisotopic (exact) mass is 219 g/mol. The standard InChI is InChI=1S/C9H17NO3S/c1-2-4-9(11)10-7-8-5-3-6-14(8,12)13/h8H,2-7H2,1H3,(H,10,11). The number of rotatable bonds is 4. The highest BCUT2D eigenvalue weighted by Gasteiger charge is 2.31. The first-order chi connectivity index (χ1) is 6.56. The molecule has 1 heterocycles. The Bertz CT molecular complexity index is 297. The van der Waals surface area contributed by atoms with Crippen molar-refractivity contribution in [1.82, 2.24) is 5.32 Å². The summed E-state index contributed by atoms with van der Waals surface area (Å²) in [7, 11) is -2.91. The molecule has 5 heteroatoms. The smallest absolute Gasteiger partial charge is 0.220 e. The van der Waals surface area contributed by atoms with E-state index in [1.165, 1.54) is 0 Å². The van der Waals surface area contributed by atoms with Gasteiger partial charge in [0.05, 0.1) is 11.0 Å². The fraction of sp³-hybridized carbons (Fsp3) is 0.889. The number of hydrogen-bond acceptors (Lipinski definition) is 3. The summed E-state index contributed by atoms with van der Waals surface area (Å²) in [5.41, 5.74) is 0. The molecule has 0 saturated carbocycles. The lowest BCUT2D eigenvalue weighted by Gasteiger charge is -2.10. The lowest BCUT2D eigenvalue weighted by molar-refractivity contribution is -0.121. The molecular formula is C9H17NO3S. The van der Waals surface area contributed by atoms with Crippen LogP contribution in [-0.2, 0) is 14.6 Å². The van der Waals surface area contributed by atoms with E-state index in [9.17, 15) is 13.2 Å². The van der Waals surface area contributed by atoms with Crippen molar-refractivity contribution in [3.8, 4) is 0 Å². The van der Waals surface area contributed by atoms with Gasteiger partial charge >= 0.3 is 0 Å². The van der Waals surface area contributed by atoms with Gasteiger partial charge in [-0.05, 0) is 19.3 Å². The molecule has 1 fully saturated rings. The normalized spacial score (nSPS) is 24.8. The number of hydrogen-bond donors (Lipinski definition) is 1. The quantitative estimate of drug-likeness (QED) is 0.748. The summed E-state index contributed by atoms with van der Waals surface area (Å²) in [6.07, 6.45) is 2.70. The van der Waals surface area contributed by atoms with E-state index in [2.05, 4.69) is 5.32 Å². The van der Waals surface area contributed by atoms with Gasteiger partial charge in [-0.2, -0.15) is 0 Å². The van der Waals surface area contributed by atoms with E-state index in [1.807, 2.05) is 6.92 Å². The largest absolute Gasteiger partial charge is 0.355 e. The first-order valence-electron chi connectivity index (χ1n) is 5.04. The highest BCUT2D eigenvalue weighted by Crippen LogP contribution is 2.18. The molecule has 0 spiro atoms. The predicted molar refractivity (Wildman–Crippen MR) is 54.7 cm³/mol. The molecule has 1 N–H and O–H groups in total. The number of sulfone groups is 1. The maximum atomic E-state index is 11.4. The number of carbonyl (C=O) groups excluding carboxylic acids is 1. The minimum atomic E-state index is -2.91. The summed E-state index contributed by atoms with van der Waals surface area (Å²) in [5, 5.41) is 2.32. The minimum Gasteiger partial charge on any atom is -0.355 e. The van der Waals surface area contributed by atoms with Gasteiger partial charge in [0, 0.05) is 13.0 Å². The van der Waals surface area contributed by atoms with E-state index in [4.69, 9.17) is 0 Å². The number of amides is 1. The zero-order valence-corrected chi connectivity index (χ0v) is 9.27. The Hall–Kier alpha value is -0.580. The fourth-order valence-electron chi connectivity index (χ4n) is 1.63. The summed E-state index contributed by atoms with van der Waals surface area (Å²) in [6, 6.07) is 0. The van der Waals surface area contributed by atoms with E-state index in [-0.39, 0.29) is 16.9 Å². The van der Waals surface area contributed by atoms with Gasteiger partial charge < -0.3 is 5.32 Å². The van der Waals surface area contributed by atoms with E-state index in [1.54, 1.807) is 0 Å². The van der Waals surface area contributed by atoms with E-state index < -0.39 is 9.84 Å². The van der Waals surface area contributed by atoms with E-state index >= 15 is 0 Å². The molecule has 0 aromatic heterocycles. The van der Waals surface area contributed by atoms with Crippen LogP contribution in [0.15, 0.2) is 0 Å². The topological polar surface area (TPSA) is 63.2 Å². The number of carbonyl (C=O) groups is 1. The second-order valence-electron chi connectivity index (χ2n) is 3.69. The first kappa shape index (κ1) is 11.5. The second-order valence-corrected chi connectivity index (χ2v) is 6.09. The minimum absolute atomic E-state index is 0.0467. The van der Waals surface area contributed by atoms with Crippen molar-refractivity contribution in [2.75, 3.05) is 12.3 Å². The van der Waals surface area contributed by atoms with Crippen molar-refractivity contribution in [1.29, 1.82) is 0 Å². The fourth-order valence-corrected chi connectivity index (χ4v) is 3.40. The molecule has 1 unspecified atom stereocenters. The van der Waals surface area contributed by atoms with Gasteiger partial charge in [0.2, 0.25) is 5.91 Å². The molecule has 0 aromatic carbocycles. The Morgan fingerprint density at radius 3 is 2.71 bits per heavy atom. The van der Waals surface area contributed by atoms with Crippen molar-refractivity contribution >= 4 is 15.7 Å². The summed E-state index contributed by atoms with van der Waals surface area (Å²) in [5.74, 6) is 0.232. The van der Waals surface area contributed by atoms with Gasteiger partial charge in [0.25, 0.3) is 0 Å². The molecule has 0 aromatic rings. The Morgan fingerprint density at radius 2 is 2.21 bits per heavy atom. The highest BCUT2D eigenvalue weighted by molar-refractivity contribution is 7.92. The van der Waals surface area contributed by atoms with Crippen LogP contribution in [0.25, 0.3) is 0 Å². The lowest BCUT2D eigenvalue weighted by atomic mass is 10.2. The molecule has 82 valence electrons. The van der Waals surface area contributed by atoms with Crippen LogP contribution in [0, 0.1) is 0 Å². The van der Waals surface area contributed by atoms with Crippen LogP contribution in [0.2, 0.25) is 0 Å². The van der Waals surface area contributed by atoms with Crippen LogP contribution in [-0.4, -0.2) is 31.9 Å². The third-order valence-electron chi connectivity index (χ3n) is 2.47. The highest BCUT2D eigenvalue weighted by atomic mass is 32.2. The maximum absolute atomic E-state index is 11.4. The van der Waals surface area contributed by atoms with Crippen LogP contribution in [0.4, 0.5) is 0 Å². The molecule has 1 rings (SSSR count). The molecule has 0 radical (unpaired) electrons. The summed E-state index contributed by atoms with van der Waals surface area (Å²) in [4.78, 5) is 11.1. The molecule has 1 saturated heterocycles. The molecule has 1 atom stereocenters. The Morgan fingerprint density at radius 1 is 1.50 bits per heavy atom. The Labute approximate surface area is 85.0 Å². The van der Waals surface area contributed by atoms with Gasteiger partial charge in [-0.15, -0.1) is 0 Å². The van der Waals surface area contributed by atoms with Gasteiger partial charge in [-0.25, -0.2) is 8.42 Å². The molecule has 1 aliphatic heterocycles. The molecular weight excluding hydrogens is 202 g/mol. The van der Waals surface area contributed by atoms with Crippen LogP contribution in [0.5, 0.6) is 0 Å². The summed E-state index contributed by atoms with van der Waals surface area (Å²) < 4.78 is 22.8. The van der Waals surface area contributed by atoms with Gasteiger partial charge in [0.1, 0.15) is 0 Å². The zero-order valence-electron chi connectivity index (χ0n) is 8.45. The maximum Gasteiger partial charge on any atom is 0.220 e. The second kappa shape index (κ2) is 4.77. The van der Waals surface area contributed by atoms with Crippen molar-refractivity contribution in [3.05, 3.63) is 0 Å². The van der Waals surface area contributed by atoms with Gasteiger partial charge in [0.15, 0.2) is 9.84 Å². The molecule has 1 amide bonds. The SMILES string of the molecule is CCCC(=O)NCC1CCCS1(=O)=O. The van der Waals surface area contributed by atoms with Crippen molar-refractivity contribution in [2.45, 2.75) is 37.9 Å². The van der Waals surface area contributed by atoms with Gasteiger partial charge in [-0.1, -0.05) is 6.92 Å². The third kappa shape index (κ3) is 2.97. The lowest BCUT2D eigenvalue weighted by Crippen LogP contribution is -2.34. The zero-order chi connectivity index (χ0) is 10.6. The predicted octanol–water partition coefficient (Wildman–Crippen LogP) is 0.480. The van der Waals surface area contributed by atoms with E-state index in [0.29, 0.717) is 19.4 Å². The summed E-state index contributed by atoms with van der Waals surface area (Å²) in [6.45, 7) is 2.22. The van der Waals surface area contributed by atoms with Crippen LogP contribution < -0.4 is 5.32 Å². The van der Waals surface area contributed by atoms with Crippen molar-refractivity contribution in [2.24, 2.45) is 0 Å². The average Bonchev–Trinajstić information content (AvgIpc) is 2.42. The average molecular weight is 219 g/mol. The van der Waals surface area contributed by atoms with E-state index in [0.717, 1.165) is 12.8 Å². The molecule has 0 bridgehead atoms. The van der Waals surface area contributed by atoms with Crippen molar-refractivity contribution < 1.29 is 13.2 Å². The molecule has 14 heavy (non-hydrogen) atoms. The Balaban J connectivity index is 2.35. The van der Waals surface area contributed by atoms with Crippen LogP contribution in [0.1, 0.15) is 32.6 Å².